The van der Waals surface area contributed by atoms with E-state index in [4.69, 9.17) is 9.97 Å². The van der Waals surface area contributed by atoms with Crippen molar-refractivity contribution >= 4 is 0 Å². The van der Waals surface area contributed by atoms with E-state index in [1.54, 1.807) is 0 Å². The Morgan fingerprint density at radius 3 is 2.33 bits per heavy atom. The number of aryl methyl sites for hydroxylation is 2. The molecule has 118 valence electrons. The van der Waals surface area contributed by atoms with Gasteiger partial charge in [0, 0.05) is 23.3 Å². The van der Waals surface area contributed by atoms with Gasteiger partial charge in [0.25, 0.3) is 0 Å². The van der Waals surface area contributed by atoms with Gasteiger partial charge in [0.1, 0.15) is 5.82 Å². The largest absolute Gasteiger partial charge is 0.315 e. The number of nitrogens with zero attached hydrogens (tertiary/aromatic N) is 2. The van der Waals surface area contributed by atoms with Gasteiger partial charge in [-0.2, -0.15) is 0 Å². The van der Waals surface area contributed by atoms with Gasteiger partial charge in [-0.1, -0.05) is 20.8 Å². The highest BCUT2D eigenvalue weighted by Gasteiger charge is 2.25. The number of nitrogens with one attached hydrogen (secondary N) is 1. The lowest BCUT2D eigenvalue weighted by Gasteiger charge is -2.15. The summed E-state index contributed by atoms with van der Waals surface area (Å²) in [5.74, 6) is 2.52. The highest BCUT2D eigenvalue weighted by Crippen LogP contribution is 2.36. The molecule has 2 atom stereocenters. The second-order valence-corrected chi connectivity index (χ2v) is 7.06. The van der Waals surface area contributed by atoms with Crippen LogP contribution in [0.3, 0.4) is 0 Å². The molecule has 0 spiro atoms. The molecule has 3 heteroatoms. The van der Waals surface area contributed by atoms with Crippen LogP contribution in [0.15, 0.2) is 0 Å². The molecule has 2 rings (SSSR count). The average Bonchev–Trinajstić information content (AvgIpc) is 2.83. The van der Waals surface area contributed by atoms with Crippen molar-refractivity contribution in [3.63, 3.8) is 0 Å². The predicted octanol–water partition coefficient (Wildman–Crippen LogP) is 3.93. The summed E-state index contributed by atoms with van der Waals surface area (Å²) in [6.07, 6.45) is 6.09. The molecule has 0 amide bonds. The van der Waals surface area contributed by atoms with Crippen LogP contribution in [0.2, 0.25) is 0 Å². The molecule has 0 radical (unpaired) electrons. The number of hydrogen-bond acceptors (Lipinski definition) is 3. The maximum atomic E-state index is 4.83. The zero-order valence-corrected chi connectivity index (χ0v) is 14.4. The Morgan fingerprint density at radius 1 is 1.14 bits per heavy atom. The number of hydrogen-bond donors (Lipinski definition) is 1. The molecule has 1 aliphatic rings. The van der Waals surface area contributed by atoms with Gasteiger partial charge < -0.3 is 5.32 Å². The van der Waals surface area contributed by atoms with Gasteiger partial charge in [-0.25, -0.2) is 9.97 Å². The van der Waals surface area contributed by atoms with Gasteiger partial charge in [0.05, 0.1) is 0 Å². The van der Waals surface area contributed by atoms with Crippen molar-refractivity contribution in [2.45, 2.75) is 78.7 Å². The Bertz CT molecular complexity index is 445. The molecule has 1 N–H and O–H groups in total. The summed E-state index contributed by atoms with van der Waals surface area (Å²) in [6.45, 7) is 12.1. The molecule has 0 aliphatic heterocycles. The maximum Gasteiger partial charge on any atom is 0.131 e. The highest BCUT2D eigenvalue weighted by molar-refractivity contribution is 5.25. The molecule has 0 saturated heterocycles. The van der Waals surface area contributed by atoms with Crippen molar-refractivity contribution < 1.29 is 0 Å². The van der Waals surface area contributed by atoms with Gasteiger partial charge >= 0.3 is 0 Å². The van der Waals surface area contributed by atoms with Gasteiger partial charge in [-0.15, -0.1) is 0 Å². The third-order valence-electron chi connectivity index (χ3n) is 4.65. The van der Waals surface area contributed by atoms with Gasteiger partial charge in [0.15, 0.2) is 0 Å². The van der Waals surface area contributed by atoms with E-state index in [0.717, 1.165) is 31.1 Å². The molecule has 1 heterocycles. The van der Waals surface area contributed by atoms with Gasteiger partial charge in [-0.05, 0) is 64.0 Å². The van der Waals surface area contributed by atoms with E-state index in [1.807, 2.05) is 0 Å². The lowest BCUT2D eigenvalue weighted by molar-refractivity contribution is 0.566. The number of rotatable bonds is 6. The molecule has 1 saturated carbocycles. The minimum absolute atomic E-state index is 0.565. The fraction of sp³-hybridized carbons (Fsp3) is 0.778. The molecule has 1 aromatic heterocycles. The van der Waals surface area contributed by atoms with E-state index in [1.165, 1.54) is 36.2 Å². The summed E-state index contributed by atoms with van der Waals surface area (Å²) < 4.78 is 0. The third-order valence-corrected chi connectivity index (χ3v) is 4.65. The summed E-state index contributed by atoms with van der Waals surface area (Å²) in [5, 5.41) is 3.47. The molecule has 1 fully saturated rings. The van der Waals surface area contributed by atoms with Crippen molar-refractivity contribution in [3.05, 3.63) is 22.8 Å². The van der Waals surface area contributed by atoms with E-state index in [0.29, 0.717) is 12.0 Å². The second kappa shape index (κ2) is 7.35. The van der Waals surface area contributed by atoms with Crippen LogP contribution in [0.5, 0.6) is 0 Å². The standard InChI is InChI=1S/C18H31N3/c1-12(2)19-10-6-7-17-14(4)20-18(21-15(17)5)16-9-8-13(3)11-16/h12-13,16,19H,6-11H2,1-5H3. The Morgan fingerprint density at radius 2 is 1.81 bits per heavy atom. The fourth-order valence-corrected chi connectivity index (χ4v) is 3.41. The van der Waals surface area contributed by atoms with Crippen LogP contribution >= 0.6 is 0 Å². The van der Waals surface area contributed by atoms with Crippen LogP contribution in [0.1, 0.15) is 75.1 Å². The van der Waals surface area contributed by atoms with Crippen molar-refractivity contribution in [2.24, 2.45) is 5.92 Å². The monoisotopic (exact) mass is 289 g/mol. The molecule has 0 aromatic carbocycles. The molecular weight excluding hydrogens is 258 g/mol. The maximum absolute atomic E-state index is 4.83. The molecule has 1 aliphatic carbocycles. The van der Waals surface area contributed by atoms with Crippen LogP contribution in [-0.4, -0.2) is 22.6 Å². The van der Waals surface area contributed by atoms with E-state index in [9.17, 15) is 0 Å². The van der Waals surface area contributed by atoms with Crippen molar-refractivity contribution in [2.75, 3.05) is 6.54 Å². The normalized spacial score (nSPS) is 22.2. The SMILES string of the molecule is Cc1nc(C2CCC(C)C2)nc(C)c1CCCNC(C)C. The smallest absolute Gasteiger partial charge is 0.131 e. The second-order valence-electron chi connectivity index (χ2n) is 7.06. The molecule has 1 aromatic rings. The molecular formula is C18H31N3. The first-order valence-electron chi connectivity index (χ1n) is 8.54. The van der Waals surface area contributed by atoms with Crippen LogP contribution in [0.25, 0.3) is 0 Å². The van der Waals surface area contributed by atoms with Gasteiger partial charge in [-0.3, -0.25) is 0 Å². The Kier molecular flexibility index (Phi) is 5.74. The first kappa shape index (κ1) is 16.4. The quantitative estimate of drug-likeness (QED) is 0.806. The Balaban J connectivity index is 2.00. The van der Waals surface area contributed by atoms with E-state index >= 15 is 0 Å². The summed E-state index contributed by atoms with van der Waals surface area (Å²) >= 11 is 0. The van der Waals surface area contributed by atoms with Crippen LogP contribution in [0.4, 0.5) is 0 Å². The van der Waals surface area contributed by atoms with E-state index in [2.05, 4.69) is 39.9 Å². The predicted molar refractivity (Wildman–Crippen MR) is 88.7 cm³/mol. The van der Waals surface area contributed by atoms with Crippen molar-refractivity contribution in [3.8, 4) is 0 Å². The van der Waals surface area contributed by atoms with E-state index in [-0.39, 0.29) is 0 Å². The van der Waals surface area contributed by atoms with Crippen molar-refractivity contribution in [1.82, 2.24) is 15.3 Å². The highest BCUT2D eigenvalue weighted by atomic mass is 14.9. The number of aromatic nitrogens is 2. The zero-order valence-electron chi connectivity index (χ0n) is 14.4. The molecule has 3 nitrogen and oxygen atoms in total. The van der Waals surface area contributed by atoms with E-state index < -0.39 is 0 Å². The van der Waals surface area contributed by atoms with Crippen molar-refractivity contribution in [1.29, 1.82) is 0 Å². The van der Waals surface area contributed by atoms with Crippen LogP contribution in [-0.2, 0) is 6.42 Å². The average molecular weight is 289 g/mol. The Labute approximate surface area is 130 Å². The Hall–Kier alpha value is -0.960. The summed E-state index contributed by atoms with van der Waals surface area (Å²) in [6, 6.07) is 0.565. The lowest BCUT2D eigenvalue weighted by Crippen LogP contribution is -2.24. The fourth-order valence-electron chi connectivity index (χ4n) is 3.41. The van der Waals surface area contributed by atoms with Crippen LogP contribution < -0.4 is 5.32 Å². The summed E-state index contributed by atoms with van der Waals surface area (Å²) in [7, 11) is 0. The summed E-state index contributed by atoms with van der Waals surface area (Å²) in [5.41, 5.74) is 3.75. The topological polar surface area (TPSA) is 37.8 Å². The lowest BCUT2D eigenvalue weighted by atomic mass is 10.0. The first-order valence-corrected chi connectivity index (χ1v) is 8.54. The summed E-state index contributed by atoms with van der Waals surface area (Å²) in [4.78, 5) is 9.67. The zero-order chi connectivity index (χ0) is 15.4. The molecule has 21 heavy (non-hydrogen) atoms. The molecule has 2 unspecified atom stereocenters. The van der Waals surface area contributed by atoms with Gasteiger partial charge in [0.2, 0.25) is 0 Å². The third kappa shape index (κ3) is 4.50. The first-order chi connectivity index (χ1) is 9.97. The molecule has 0 bridgehead atoms. The van der Waals surface area contributed by atoms with Crippen LogP contribution in [0, 0.1) is 19.8 Å². The minimum Gasteiger partial charge on any atom is -0.315 e. The minimum atomic E-state index is 0.565.